The van der Waals surface area contributed by atoms with Crippen LogP contribution in [0.4, 0.5) is 0 Å². The highest BCUT2D eigenvalue weighted by Gasteiger charge is 2.06. The molecule has 0 saturated heterocycles. The van der Waals surface area contributed by atoms with E-state index in [2.05, 4.69) is 6.07 Å². The smallest absolute Gasteiger partial charge is 0.175 e. The number of benzene rings is 1. The molecule has 0 aromatic heterocycles. The zero-order valence-electron chi connectivity index (χ0n) is 9.34. The molecule has 16 heavy (non-hydrogen) atoms. The van der Waals surface area contributed by atoms with E-state index in [4.69, 9.17) is 5.26 Å². The molecule has 0 fully saturated rings. The van der Waals surface area contributed by atoms with Gasteiger partial charge in [-0.3, -0.25) is 4.90 Å². The van der Waals surface area contributed by atoms with Crippen molar-refractivity contribution in [1.29, 1.82) is 5.26 Å². The van der Waals surface area contributed by atoms with Crippen molar-refractivity contribution < 1.29 is 8.42 Å². The molecule has 5 heteroatoms. The fourth-order valence-corrected chi connectivity index (χ4v) is 1.96. The molecular weight excluding hydrogens is 224 g/mol. The quantitative estimate of drug-likeness (QED) is 0.735. The first-order valence-electron chi connectivity index (χ1n) is 4.78. The van der Waals surface area contributed by atoms with Crippen LogP contribution < -0.4 is 0 Å². The van der Waals surface area contributed by atoms with Crippen molar-refractivity contribution in [3.05, 3.63) is 29.8 Å². The van der Waals surface area contributed by atoms with E-state index >= 15 is 0 Å². The molecule has 0 bridgehead atoms. The Hall–Kier alpha value is -1.38. The lowest BCUT2D eigenvalue weighted by molar-refractivity contribution is 0.367. The lowest BCUT2D eigenvalue weighted by atomic mass is 10.2. The Labute approximate surface area is 96.0 Å². The molecule has 4 nitrogen and oxygen atoms in total. The zero-order valence-corrected chi connectivity index (χ0v) is 10.2. The van der Waals surface area contributed by atoms with Crippen LogP contribution in [0.25, 0.3) is 0 Å². The van der Waals surface area contributed by atoms with E-state index in [1.165, 1.54) is 6.26 Å². The van der Waals surface area contributed by atoms with Gasteiger partial charge in [0.2, 0.25) is 0 Å². The minimum Gasteiger partial charge on any atom is -0.289 e. The number of hydrogen-bond donors (Lipinski definition) is 0. The van der Waals surface area contributed by atoms with Crippen LogP contribution in [0.15, 0.2) is 29.2 Å². The average Bonchev–Trinajstić information content (AvgIpc) is 2.17. The number of sulfone groups is 1. The van der Waals surface area contributed by atoms with Crippen LogP contribution in [0.3, 0.4) is 0 Å². The van der Waals surface area contributed by atoms with Crippen LogP contribution in [-0.4, -0.2) is 33.2 Å². The largest absolute Gasteiger partial charge is 0.289 e. The normalized spacial score (nSPS) is 11.4. The zero-order chi connectivity index (χ0) is 12.2. The van der Waals surface area contributed by atoms with Gasteiger partial charge in [0.1, 0.15) is 0 Å². The van der Waals surface area contributed by atoms with Gasteiger partial charge < -0.3 is 0 Å². The summed E-state index contributed by atoms with van der Waals surface area (Å²) in [5.74, 6) is 0. The Bertz CT molecular complexity index is 486. The molecule has 0 spiro atoms. The van der Waals surface area contributed by atoms with Gasteiger partial charge in [0, 0.05) is 12.8 Å². The highest BCUT2D eigenvalue weighted by Crippen LogP contribution is 2.11. The molecule has 0 aliphatic rings. The van der Waals surface area contributed by atoms with Crippen molar-refractivity contribution >= 4 is 9.84 Å². The second-order valence-electron chi connectivity index (χ2n) is 3.75. The lowest BCUT2D eigenvalue weighted by Gasteiger charge is -2.12. The van der Waals surface area contributed by atoms with Crippen LogP contribution in [0.1, 0.15) is 5.56 Å². The maximum atomic E-state index is 11.2. The van der Waals surface area contributed by atoms with Crippen molar-refractivity contribution in [3.63, 3.8) is 0 Å². The van der Waals surface area contributed by atoms with Crippen LogP contribution in [-0.2, 0) is 16.4 Å². The standard InChI is InChI=1S/C11H14N2O2S/c1-13(8-7-12)9-10-3-5-11(6-4-10)16(2,14)15/h3-6H,8-9H2,1-2H3. The number of nitriles is 1. The van der Waals surface area contributed by atoms with E-state index in [0.29, 0.717) is 18.0 Å². The second-order valence-corrected chi connectivity index (χ2v) is 5.76. The summed E-state index contributed by atoms with van der Waals surface area (Å²) >= 11 is 0. The van der Waals surface area contributed by atoms with E-state index in [1.807, 2.05) is 11.9 Å². The van der Waals surface area contributed by atoms with Crippen molar-refractivity contribution in [2.24, 2.45) is 0 Å². The minimum atomic E-state index is -3.12. The van der Waals surface area contributed by atoms with Crippen LogP contribution >= 0.6 is 0 Å². The molecular formula is C11H14N2O2S. The molecule has 0 saturated carbocycles. The third-order valence-corrected chi connectivity index (χ3v) is 3.27. The molecule has 0 aliphatic heterocycles. The summed E-state index contributed by atoms with van der Waals surface area (Å²) in [6.45, 7) is 0.991. The van der Waals surface area contributed by atoms with Gasteiger partial charge in [-0.15, -0.1) is 0 Å². The Morgan fingerprint density at radius 2 is 1.88 bits per heavy atom. The SMILES string of the molecule is CN(CC#N)Cc1ccc(S(C)(=O)=O)cc1. The monoisotopic (exact) mass is 238 g/mol. The van der Waals surface area contributed by atoms with Crippen LogP contribution in [0, 0.1) is 11.3 Å². The topological polar surface area (TPSA) is 61.2 Å². The molecule has 0 amide bonds. The van der Waals surface area contributed by atoms with Crippen LogP contribution in [0.5, 0.6) is 0 Å². The molecule has 1 rings (SSSR count). The predicted octanol–water partition coefficient (Wildman–Crippen LogP) is 1.05. The Kier molecular flexibility index (Phi) is 4.05. The minimum absolute atomic E-state index is 0.319. The summed E-state index contributed by atoms with van der Waals surface area (Å²) in [7, 11) is -1.28. The first kappa shape index (κ1) is 12.7. The molecule has 0 radical (unpaired) electrons. The van der Waals surface area contributed by atoms with Gasteiger partial charge in [-0.1, -0.05) is 12.1 Å². The lowest BCUT2D eigenvalue weighted by Crippen LogP contribution is -2.17. The third-order valence-electron chi connectivity index (χ3n) is 2.14. The third kappa shape index (κ3) is 3.65. The van der Waals surface area contributed by atoms with Crippen molar-refractivity contribution in [2.75, 3.05) is 19.8 Å². The van der Waals surface area contributed by atoms with Gasteiger partial charge in [-0.25, -0.2) is 8.42 Å². The van der Waals surface area contributed by atoms with E-state index in [1.54, 1.807) is 24.3 Å². The van der Waals surface area contributed by atoms with E-state index in [9.17, 15) is 8.42 Å². The summed E-state index contributed by atoms with van der Waals surface area (Å²) in [5, 5.41) is 8.49. The summed E-state index contributed by atoms with van der Waals surface area (Å²) in [5.41, 5.74) is 0.991. The second kappa shape index (κ2) is 5.10. The maximum absolute atomic E-state index is 11.2. The van der Waals surface area contributed by atoms with Gasteiger partial charge in [-0.05, 0) is 24.7 Å². The van der Waals surface area contributed by atoms with E-state index < -0.39 is 9.84 Å². The van der Waals surface area contributed by atoms with Gasteiger partial charge in [0.25, 0.3) is 0 Å². The predicted molar refractivity (Wildman–Crippen MR) is 61.5 cm³/mol. The van der Waals surface area contributed by atoms with E-state index in [-0.39, 0.29) is 0 Å². The van der Waals surface area contributed by atoms with Crippen molar-refractivity contribution in [2.45, 2.75) is 11.4 Å². The van der Waals surface area contributed by atoms with Gasteiger partial charge in [0.05, 0.1) is 17.5 Å². The maximum Gasteiger partial charge on any atom is 0.175 e. The first-order chi connectivity index (χ1) is 7.43. The molecule has 1 aromatic rings. The molecule has 1 aromatic carbocycles. The fraction of sp³-hybridized carbons (Fsp3) is 0.364. The fourth-order valence-electron chi connectivity index (χ4n) is 1.33. The highest BCUT2D eigenvalue weighted by molar-refractivity contribution is 7.90. The molecule has 86 valence electrons. The Balaban J connectivity index is 2.77. The van der Waals surface area contributed by atoms with Gasteiger partial charge >= 0.3 is 0 Å². The number of hydrogen-bond acceptors (Lipinski definition) is 4. The highest BCUT2D eigenvalue weighted by atomic mass is 32.2. The average molecular weight is 238 g/mol. The van der Waals surface area contributed by atoms with E-state index in [0.717, 1.165) is 5.56 Å². The van der Waals surface area contributed by atoms with Crippen LogP contribution in [0.2, 0.25) is 0 Å². The van der Waals surface area contributed by atoms with Gasteiger partial charge in [0.15, 0.2) is 9.84 Å². The summed E-state index contributed by atoms with van der Waals surface area (Å²) in [6, 6.07) is 8.77. The summed E-state index contributed by atoms with van der Waals surface area (Å²) < 4.78 is 22.4. The number of nitrogens with zero attached hydrogens (tertiary/aromatic N) is 2. The summed E-state index contributed by atoms with van der Waals surface area (Å²) in [4.78, 5) is 2.18. The Morgan fingerprint density at radius 3 is 2.31 bits per heavy atom. The molecule has 0 aliphatic carbocycles. The Morgan fingerprint density at radius 1 is 1.31 bits per heavy atom. The first-order valence-corrected chi connectivity index (χ1v) is 6.67. The molecule has 0 unspecified atom stereocenters. The summed E-state index contributed by atoms with van der Waals surface area (Å²) in [6.07, 6.45) is 1.18. The molecule has 0 heterocycles. The van der Waals surface area contributed by atoms with Crippen molar-refractivity contribution in [1.82, 2.24) is 4.90 Å². The molecule has 0 N–H and O–H groups in total. The number of rotatable bonds is 4. The van der Waals surface area contributed by atoms with Gasteiger partial charge in [-0.2, -0.15) is 5.26 Å². The molecule has 0 atom stereocenters. The van der Waals surface area contributed by atoms with Crippen molar-refractivity contribution in [3.8, 4) is 6.07 Å².